The summed E-state index contributed by atoms with van der Waals surface area (Å²) >= 11 is 0. The van der Waals surface area contributed by atoms with Crippen LogP contribution in [0.5, 0.6) is 5.75 Å². The Morgan fingerprint density at radius 2 is 2.26 bits per heavy atom. The van der Waals surface area contributed by atoms with Crippen molar-refractivity contribution in [2.45, 2.75) is 19.3 Å². The Hall–Kier alpha value is -1.55. The molecule has 0 unspecified atom stereocenters. The summed E-state index contributed by atoms with van der Waals surface area (Å²) < 4.78 is 10.3. The van der Waals surface area contributed by atoms with Gasteiger partial charge in [0.05, 0.1) is 20.1 Å². The van der Waals surface area contributed by atoms with E-state index in [4.69, 9.17) is 4.74 Å². The Morgan fingerprint density at radius 1 is 1.42 bits per heavy atom. The molecule has 1 aromatic carbocycles. The lowest BCUT2D eigenvalue weighted by atomic mass is 9.94. The van der Waals surface area contributed by atoms with Gasteiger partial charge in [-0.15, -0.1) is 0 Å². The summed E-state index contributed by atoms with van der Waals surface area (Å²) in [5.41, 5.74) is 1.30. The maximum Gasteiger partial charge on any atom is 0.306 e. The molecule has 0 bridgehead atoms. The number of hydrogen-bond acceptors (Lipinski definition) is 4. The van der Waals surface area contributed by atoms with E-state index in [1.54, 1.807) is 0 Å². The number of fused-ring (bicyclic) bond motifs is 1. The molecule has 0 spiro atoms. The Morgan fingerprint density at radius 3 is 3.11 bits per heavy atom. The van der Waals surface area contributed by atoms with Crippen molar-refractivity contribution >= 4 is 5.97 Å². The number of esters is 1. The minimum absolute atomic E-state index is 0.164. The molecule has 1 N–H and O–H groups in total. The third-order valence-electron chi connectivity index (χ3n) is 3.42. The van der Waals surface area contributed by atoms with Gasteiger partial charge in [0.2, 0.25) is 0 Å². The predicted molar refractivity (Wildman–Crippen MR) is 73.3 cm³/mol. The summed E-state index contributed by atoms with van der Waals surface area (Å²) in [5.74, 6) is 1.42. The Bertz CT molecular complexity index is 420. The fourth-order valence-corrected chi connectivity index (χ4v) is 2.30. The van der Waals surface area contributed by atoms with Crippen molar-refractivity contribution in [3.63, 3.8) is 0 Å². The van der Waals surface area contributed by atoms with Crippen molar-refractivity contribution in [2.75, 3.05) is 26.8 Å². The SMILES string of the molecule is COC(=O)CCNCC[C@H]1COc2ccccc2C1. The van der Waals surface area contributed by atoms with E-state index in [-0.39, 0.29) is 5.97 Å². The maximum atomic E-state index is 10.9. The van der Waals surface area contributed by atoms with Crippen LogP contribution in [0.2, 0.25) is 0 Å². The van der Waals surface area contributed by atoms with Crippen molar-refractivity contribution in [3.8, 4) is 5.75 Å². The van der Waals surface area contributed by atoms with Crippen molar-refractivity contribution in [2.24, 2.45) is 5.92 Å². The second-order valence-electron chi connectivity index (χ2n) is 4.85. The van der Waals surface area contributed by atoms with Gasteiger partial charge in [0.25, 0.3) is 0 Å². The molecule has 0 saturated heterocycles. The Balaban J connectivity index is 1.64. The lowest BCUT2D eigenvalue weighted by Gasteiger charge is -2.25. The molecule has 1 atom stereocenters. The van der Waals surface area contributed by atoms with Crippen LogP contribution >= 0.6 is 0 Å². The molecule has 2 rings (SSSR count). The minimum atomic E-state index is -0.164. The van der Waals surface area contributed by atoms with Gasteiger partial charge in [-0.2, -0.15) is 0 Å². The standard InChI is InChI=1S/C15H21NO3/c1-18-15(17)7-9-16-8-6-12-10-13-4-2-3-5-14(13)19-11-12/h2-5,12,16H,6-11H2,1H3/t12-/m1/s1. The zero-order valence-electron chi connectivity index (χ0n) is 11.4. The average molecular weight is 263 g/mol. The molecule has 0 fully saturated rings. The second-order valence-corrected chi connectivity index (χ2v) is 4.85. The van der Waals surface area contributed by atoms with E-state index in [9.17, 15) is 4.79 Å². The fourth-order valence-electron chi connectivity index (χ4n) is 2.30. The van der Waals surface area contributed by atoms with E-state index < -0.39 is 0 Å². The van der Waals surface area contributed by atoms with Crippen LogP contribution < -0.4 is 10.1 Å². The molecule has 4 nitrogen and oxygen atoms in total. The molecule has 0 aromatic heterocycles. The summed E-state index contributed by atoms with van der Waals surface area (Å²) in [6.07, 6.45) is 2.57. The summed E-state index contributed by atoms with van der Waals surface area (Å²) in [5, 5.41) is 3.27. The molecular formula is C15H21NO3. The molecule has 1 aliphatic rings. The largest absolute Gasteiger partial charge is 0.493 e. The molecule has 4 heteroatoms. The highest BCUT2D eigenvalue weighted by Crippen LogP contribution is 2.27. The number of carbonyl (C=O) groups is 1. The van der Waals surface area contributed by atoms with Crippen LogP contribution in [0.3, 0.4) is 0 Å². The van der Waals surface area contributed by atoms with Gasteiger partial charge in [0, 0.05) is 6.54 Å². The van der Waals surface area contributed by atoms with Crippen LogP contribution in [-0.4, -0.2) is 32.8 Å². The summed E-state index contributed by atoms with van der Waals surface area (Å²) in [7, 11) is 1.42. The highest BCUT2D eigenvalue weighted by Gasteiger charge is 2.18. The zero-order chi connectivity index (χ0) is 13.5. The number of carbonyl (C=O) groups excluding carboxylic acids is 1. The summed E-state index contributed by atoms with van der Waals surface area (Å²) in [6, 6.07) is 8.22. The van der Waals surface area contributed by atoms with E-state index in [1.807, 2.05) is 12.1 Å². The number of benzene rings is 1. The van der Waals surface area contributed by atoms with Crippen LogP contribution in [0.1, 0.15) is 18.4 Å². The number of nitrogens with one attached hydrogen (secondary N) is 1. The number of hydrogen-bond donors (Lipinski definition) is 1. The van der Waals surface area contributed by atoms with E-state index in [1.165, 1.54) is 12.7 Å². The molecule has 19 heavy (non-hydrogen) atoms. The van der Waals surface area contributed by atoms with E-state index in [0.717, 1.165) is 31.7 Å². The summed E-state index contributed by atoms with van der Waals surface area (Å²) in [4.78, 5) is 10.9. The van der Waals surface area contributed by atoms with Crippen molar-refractivity contribution < 1.29 is 14.3 Å². The molecule has 0 amide bonds. The highest BCUT2D eigenvalue weighted by atomic mass is 16.5. The Kier molecular flexibility index (Phi) is 5.21. The van der Waals surface area contributed by atoms with Crippen LogP contribution in [-0.2, 0) is 16.0 Å². The zero-order valence-corrected chi connectivity index (χ0v) is 11.4. The molecule has 104 valence electrons. The van der Waals surface area contributed by atoms with Gasteiger partial charge < -0.3 is 14.8 Å². The summed E-state index contributed by atoms with van der Waals surface area (Å²) in [6.45, 7) is 2.37. The first-order valence-corrected chi connectivity index (χ1v) is 6.78. The van der Waals surface area contributed by atoms with Crippen LogP contribution in [0, 0.1) is 5.92 Å². The van der Waals surface area contributed by atoms with Crippen LogP contribution in [0.25, 0.3) is 0 Å². The van der Waals surface area contributed by atoms with Crippen LogP contribution in [0.15, 0.2) is 24.3 Å². The third-order valence-corrected chi connectivity index (χ3v) is 3.42. The highest BCUT2D eigenvalue weighted by molar-refractivity contribution is 5.69. The predicted octanol–water partition coefficient (Wildman–Crippen LogP) is 1.78. The van der Waals surface area contributed by atoms with Crippen molar-refractivity contribution in [3.05, 3.63) is 29.8 Å². The van der Waals surface area contributed by atoms with Crippen molar-refractivity contribution in [1.29, 1.82) is 0 Å². The normalized spacial score (nSPS) is 17.4. The lowest BCUT2D eigenvalue weighted by Crippen LogP contribution is -2.27. The topological polar surface area (TPSA) is 47.6 Å². The Labute approximate surface area is 114 Å². The molecule has 1 aromatic rings. The first-order valence-electron chi connectivity index (χ1n) is 6.78. The fraction of sp³-hybridized carbons (Fsp3) is 0.533. The van der Waals surface area contributed by atoms with Gasteiger partial charge in [-0.3, -0.25) is 4.79 Å². The molecule has 0 radical (unpaired) electrons. The van der Waals surface area contributed by atoms with E-state index in [0.29, 0.717) is 18.9 Å². The second kappa shape index (κ2) is 7.14. The third kappa shape index (κ3) is 4.24. The van der Waals surface area contributed by atoms with Crippen LogP contribution in [0.4, 0.5) is 0 Å². The van der Waals surface area contributed by atoms with E-state index >= 15 is 0 Å². The molecular weight excluding hydrogens is 242 g/mol. The lowest BCUT2D eigenvalue weighted by molar-refractivity contribution is -0.140. The molecule has 1 heterocycles. The average Bonchev–Trinajstić information content (AvgIpc) is 2.46. The molecule has 0 aliphatic carbocycles. The monoisotopic (exact) mass is 263 g/mol. The number of methoxy groups -OCH3 is 1. The quantitative estimate of drug-likeness (QED) is 0.628. The number of rotatable bonds is 6. The van der Waals surface area contributed by atoms with Gasteiger partial charge in [0.1, 0.15) is 5.75 Å². The molecule has 0 saturated carbocycles. The smallest absolute Gasteiger partial charge is 0.306 e. The first-order chi connectivity index (χ1) is 9.29. The van der Waals surface area contributed by atoms with Crippen molar-refractivity contribution in [1.82, 2.24) is 5.32 Å². The first kappa shape index (κ1) is 13.9. The minimum Gasteiger partial charge on any atom is -0.493 e. The molecule has 1 aliphatic heterocycles. The van der Waals surface area contributed by atoms with Gasteiger partial charge >= 0.3 is 5.97 Å². The van der Waals surface area contributed by atoms with Gasteiger partial charge in [0.15, 0.2) is 0 Å². The maximum absolute atomic E-state index is 10.9. The van der Waals surface area contributed by atoms with Gasteiger partial charge in [-0.1, -0.05) is 18.2 Å². The van der Waals surface area contributed by atoms with E-state index in [2.05, 4.69) is 22.2 Å². The number of ether oxygens (including phenoxy) is 2. The van der Waals surface area contributed by atoms with Gasteiger partial charge in [-0.05, 0) is 36.9 Å². The van der Waals surface area contributed by atoms with Gasteiger partial charge in [-0.25, -0.2) is 0 Å². The number of para-hydroxylation sites is 1.